The summed E-state index contributed by atoms with van der Waals surface area (Å²) >= 11 is 12.5. The zero-order valence-corrected chi connectivity index (χ0v) is 24.5. The lowest BCUT2D eigenvalue weighted by molar-refractivity contribution is -0.118. The molecule has 5 nitrogen and oxygen atoms in total. The zero-order valence-electron chi connectivity index (χ0n) is 23.0. The molecule has 0 saturated carbocycles. The van der Waals surface area contributed by atoms with E-state index in [1.165, 1.54) is 0 Å². The molecule has 3 aromatic carbocycles. The molecule has 3 aromatic rings. The lowest BCUT2D eigenvalue weighted by Crippen LogP contribution is -2.42. The van der Waals surface area contributed by atoms with Crippen LogP contribution in [0.25, 0.3) is 0 Å². The van der Waals surface area contributed by atoms with Gasteiger partial charge in [0.2, 0.25) is 0 Å². The van der Waals surface area contributed by atoms with Crippen LogP contribution >= 0.6 is 23.2 Å². The molecule has 7 heteroatoms. The molecule has 1 aliphatic carbocycles. The van der Waals surface area contributed by atoms with Crippen molar-refractivity contribution in [3.8, 4) is 11.8 Å². The molecular weight excluding hydrogens is 541 g/mol. The number of nitrogens with zero attached hydrogens (tertiary/aromatic N) is 2. The topological polar surface area (TPSA) is 79.3 Å². The number of ether oxygens (including phenoxy) is 1. The van der Waals surface area contributed by atoms with Crippen LogP contribution in [0.2, 0.25) is 10.0 Å². The van der Waals surface area contributed by atoms with Crippen molar-refractivity contribution in [3.05, 3.63) is 116 Å². The number of hydrogen-bond donors (Lipinski definition) is 1. The van der Waals surface area contributed by atoms with Gasteiger partial charge in [0.05, 0.1) is 22.6 Å². The maximum Gasteiger partial charge on any atom is 0.162 e. The zero-order chi connectivity index (χ0) is 28.8. The molecule has 1 heterocycles. The van der Waals surface area contributed by atoms with E-state index in [1.807, 2.05) is 49.1 Å². The van der Waals surface area contributed by atoms with Crippen LogP contribution < -0.4 is 15.4 Å². The van der Waals surface area contributed by atoms with Gasteiger partial charge in [0.1, 0.15) is 18.2 Å². The van der Waals surface area contributed by atoms with Gasteiger partial charge < -0.3 is 10.5 Å². The fourth-order valence-electron chi connectivity index (χ4n) is 5.84. The van der Waals surface area contributed by atoms with E-state index < -0.39 is 5.92 Å². The fourth-order valence-corrected chi connectivity index (χ4v) is 6.15. The molecule has 1 aliphatic heterocycles. The van der Waals surface area contributed by atoms with Crippen molar-refractivity contribution in [3.63, 3.8) is 0 Å². The summed E-state index contributed by atoms with van der Waals surface area (Å²) in [6.45, 7) is 8.48. The number of Topliss-reactive ketones (excluding diaryl/α,β-unsaturated/α-hetero) is 1. The number of nitrogens with two attached hydrogens (primary N) is 1. The first kappa shape index (κ1) is 27.8. The third-order valence-corrected chi connectivity index (χ3v) is 8.26. The van der Waals surface area contributed by atoms with Crippen molar-refractivity contribution in [2.75, 3.05) is 4.90 Å². The summed E-state index contributed by atoms with van der Waals surface area (Å²) in [5, 5.41) is 11.6. The van der Waals surface area contributed by atoms with Crippen LogP contribution in [0.4, 0.5) is 5.69 Å². The Morgan fingerprint density at radius 1 is 1.07 bits per heavy atom. The molecule has 0 saturated heterocycles. The molecule has 0 fully saturated rings. The minimum absolute atomic E-state index is 0.0326. The number of carbonyl (C=O) groups is 1. The van der Waals surface area contributed by atoms with Gasteiger partial charge in [-0.2, -0.15) is 5.26 Å². The molecule has 1 atom stereocenters. The predicted octanol–water partition coefficient (Wildman–Crippen LogP) is 8.13. The van der Waals surface area contributed by atoms with Crippen molar-refractivity contribution < 1.29 is 9.53 Å². The number of nitriles is 1. The lowest BCUT2D eigenvalue weighted by Gasteiger charge is -2.44. The Hall–Kier alpha value is -3.72. The van der Waals surface area contributed by atoms with E-state index in [1.54, 1.807) is 18.2 Å². The molecular formula is C33H31Cl2N3O2. The minimum Gasteiger partial charge on any atom is -0.487 e. The Bertz CT molecular complexity index is 1610. The Morgan fingerprint density at radius 2 is 1.77 bits per heavy atom. The number of hydrogen-bond acceptors (Lipinski definition) is 5. The third kappa shape index (κ3) is 5.10. The van der Waals surface area contributed by atoms with Gasteiger partial charge in [0, 0.05) is 28.4 Å². The molecule has 40 heavy (non-hydrogen) atoms. The highest BCUT2D eigenvalue weighted by molar-refractivity contribution is 6.32. The van der Waals surface area contributed by atoms with E-state index in [0.717, 1.165) is 33.6 Å². The van der Waals surface area contributed by atoms with Crippen molar-refractivity contribution in [2.45, 2.75) is 53.1 Å². The summed E-state index contributed by atoms with van der Waals surface area (Å²) < 4.78 is 6.08. The molecule has 0 bridgehead atoms. The monoisotopic (exact) mass is 571 g/mol. The lowest BCUT2D eigenvalue weighted by atomic mass is 9.68. The first-order valence-corrected chi connectivity index (χ1v) is 14.0. The number of anilines is 1. The van der Waals surface area contributed by atoms with Gasteiger partial charge >= 0.3 is 0 Å². The van der Waals surface area contributed by atoms with E-state index in [-0.39, 0.29) is 11.2 Å². The molecule has 0 radical (unpaired) electrons. The van der Waals surface area contributed by atoms with Crippen LogP contribution in [-0.4, -0.2) is 5.78 Å². The number of ketones is 1. The highest BCUT2D eigenvalue weighted by atomic mass is 35.5. The molecule has 0 aromatic heterocycles. The van der Waals surface area contributed by atoms with Crippen LogP contribution in [0.15, 0.2) is 83.3 Å². The molecule has 0 spiro atoms. The first-order chi connectivity index (χ1) is 19.0. The summed E-state index contributed by atoms with van der Waals surface area (Å²) in [7, 11) is 0. The standard InChI is InChI=1S/C33H31Cl2N3O2/c1-19-13-21(18-40-29-8-6-5-7-26(29)35)20(2)24(14-19)30-25(17-36)32(37)38(23-11-9-22(34)10-12-23)27-15-33(3,4)16-28(39)31(27)30/h5-14,30H,15-16,18,37H2,1-4H3. The second kappa shape index (κ2) is 10.7. The van der Waals surface area contributed by atoms with Crippen LogP contribution in [0, 0.1) is 30.6 Å². The van der Waals surface area contributed by atoms with Crippen LogP contribution in [0.3, 0.4) is 0 Å². The van der Waals surface area contributed by atoms with Crippen molar-refractivity contribution in [1.29, 1.82) is 5.26 Å². The number of para-hydroxylation sites is 1. The van der Waals surface area contributed by atoms with E-state index >= 15 is 0 Å². The van der Waals surface area contributed by atoms with Crippen LogP contribution in [-0.2, 0) is 11.4 Å². The normalized spacial score (nSPS) is 18.5. The molecule has 204 valence electrons. The second-order valence-electron chi connectivity index (χ2n) is 11.3. The van der Waals surface area contributed by atoms with E-state index in [2.05, 4.69) is 32.0 Å². The smallest absolute Gasteiger partial charge is 0.162 e. The van der Waals surface area contributed by atoms with Crippen molar-refractivity contribution in [1.82, 2.24) is 0 Å². The maximum atomic E-state index is 13.9. The summed E-state index contributed by atoms with van der Waals surface area (Å²) in [6, 6.07) is 21.1. The second-order valence-corrected chi connectivity index (χ2v) is 12.2. The van der Waals surface area contributed by atoms with Gasteiger partial charge in [-0.15, -0.1) is 0 Å². The van der Waals surface area contributed by atoms with E-state index in [9.17, 15) is 10.1 Å². The average molecular weight is 573 g/mol. The highest BCUT2D eigenvalue weighted by Gasteiger charge is 2.45. The maximum absolute atomic E-state index is 13.9. The summed E-state index contributed by atoms with van der Waals surface area (Å²) in [4.78, 5) is 15.8. The predicted molar refractivity (Wildman–Crippen MR) is 160 cm³/mol. The molecule has 2 aliphatic rings. The highest BCUT2D eigenvalue weighted by Crippen LogP contribution is 2.51. The number of allylic oxidation sites excluding steroid dienone is 3. The average Bonchev–Trinajstić information content (AvgIpc) is 2.89. The third-order valence-electron chi connectivity index (χ3n) is 7.70. The van der Waals surface area contributed by atoms with Crippen molar-refractivity contribution >= 4 is 34.7 Å². The van der Waals surface area contributed by atoms with Crippen LogP contribution in [0.5, 0.6) is 5.75 Å². The Morgan fingerprint density at radius 3 is 2.45 bits per heavy atom. The van der Waals surface area contributed by atoms with Crippen molar-refractivity contribution in [2.24, 2.45) is 11.1 Å². The SMILES string of the molecule is Cc1cc(COc2ccccc2Cl)c(C)c(C2C(C#N)=C(N)N(c3ccc(Cl)cc3)C3=C2C(=O)CC(C)(C)C3)c1. The number of benzene rings is 3. The summed E-state index contributed by atoms with van der Waals surface area (Å²) in [6.07, 6.45) is 1.03. The van der Waals surface area contributed by atoms with Gasteiger partial charge in [-0.1, -0.05) is 66.9 Å². The Kier molecular flexibility index (Phi) is 7.44. The Labute approximate surface area is 245 Å². The van der Waals surface area contributed by atoms with E-state index in [0.29, 0.717) is 52.2 Å². The van der Waals surface area contributed by atoms with Gasteiger partial charge in [0.25, 0.3) is 0 Å². The first-order valence-electron chi connectivity index (χ1n) is 13.2. The Balaban J connectivity index is 1.67. The van der Waals surface area contributed by atoms with Gasteiger partial charge in [-0.25, -0.2) is 0 Å². The van der Waals surface area contributed by atoms with Gasteiger partial charge in [0.15, 0.2) is 5.78 Å². The largest absolute Gasteiger partial charge is 0.487 e. The van der Waals surface area contributed by atoms with E-state index in [4.69, 9.17) is 33.7 Å². The number of rotatable bonds is 5. The molecule has 5 rings (SSSR count). The van der Waals surface area contributed by atoms with Gasteiger partial charge in [-0.3, -0.25) is 9.69 Å². The quantitative estimate of drug-likeness (QED) is 0.334. The minimum atomic E-state index is -0.578. The fraction of sp³-hybridized carbons (Fsp3) is 0.273. The number of carbonyl (C=O) groups excluding carboxylic acids is 1. The number of aryl methyl sites for hydroxylation is 1. The molecule has 1 unspecified atom stereocenters. The molecule has 0 amide bonds. The molecule has 2 N–H and O–H groups in total. The van der Waals surface area contributed by atoms with Crippen LogP contribution in [0.1, 0.15) is 54.9 Å². The number of halogens is 2. The summed E-state index contributed by atoms with van der Waals surface area (Å²) in [5.74, 6) is 0.379. The van der Waals surface area contributed by atoms with Gasteiger partial charge in [-0.05, 0) is 78.8 Å². The summed E-state index contributed by atoms with van der Waals surface area (Å²) in [5.41, 5.74) is 12.9.